The minimum absolute atomic E-state index is 0.0219. The summed E-state index contributed by atoms with van der Waals surface area (Å²) in [7, 11) is 0. The molecule has 4 heterocycles. The van der Waals surface area contributed by atoms with E-state index >= 15 is 0 Å². The highest BCUT2D eigenvalue weighted by atomic mass is 32.2. The molecule has 2 fully saturated rings. The van der Waals surface area contributed by atoms with E-state index in [1.807, 2.05) is 27.8 Å². The number of aromatic nitrogens is 3. The van der Waals surface area contributed by atoms with E-state index in [4.69, 9.17) is 4.74 Å². The molecule has 0 spiro atoms. The Hall–Kier alpha value is -1.25. The van der Waals surface area contributed by atoms with Gasteiger partial charge >= 0.3 is 0 Å². The van der Waals surface area contributed by atoms with Crippen LogP contribution in [-0.4, -0.2) is 57.4 Å². The van der Waals surface area contributed by atoms with Crippen LogP contribution >= 0.6 is 11.8 Å². The number of fused-ring (bicyclic) bond motifs is 1. The Morgan fingerprint density at radius 1 is 1.40 bits per heavy atom. The molecule has 0 bridgehead atoms. The Balaban J connectivity index is 1.50. The molecular formula is C17H22F2N4OS. The number of likely N-dealkylation sites (tertiary alicyclic amines) is 1. The van der Waals surface area contributed by atoms with Crippen LogP contribution in [0.5, 0.6) is 0 Å². The number of nitrogens with zero attached hydrogens (tertiary/aromatic N) is 4. The summed E-state index contributed by atoms with van der Waals surface area (Å²) < 4.78 is 35.0. The average molecular weight is 368 g/mol. The van der Waals surface area contributed by atoms with Crippen LogP contribution in [0.4, 0.5) is 8.78 Å². The van der Waals surface area contributed by atoms with Crippen LogP contribution in [0.25, 0.3) is 5.52 Å². The fourth-order valence-corrected chi connectivity index (χ4v) is 4.37. The van der Waals surface area contributed by atoms with Gasteiger partial charge in [-0.15, -0.1) is 11.8 Å². The normalized spacial score (nSPS) is 29.7. The maximum absolute atomic E-state index is 13.4. The molecule has 2 aromatic rings. The van der Waals surface area contributed by atoms with Crippen molar-refractivity contribution in [1.82, 2.24) is 19.5 Å². The first-order valence-corrected chi connectivity index (χ1v) is 9.81. The molecule has 2 aromatic heterocycles. The molecule has 136 valence electrons. The number of thioether (sulfide) groups is 1. The minimum Gasteiger partial charge on any atom is -0.367 e. The lowest BCUT2D eigenvalue weighted by molar-refractivity contribution is -0.00863. The van der Waals surface area contributed by atoms with Gasteiger partial charge in [-0.05, 0) is 30.7 Å². The zero-order valence-electron chi connectivity index (χ0n) is 14.4. The SMILES string of the molecule is CSc1ncnn2c([C@H]3CC(C)[C@@H](CN4CCC(F)(F)C4)O3)ccc12. The molecule has 0 aromatic carbocycles. The smallest absolute Gasteiger partial charge is 0.261 e. The van der Waals surface area contributed by atoms with E-state index in [1.165, 1.54) is 0 Å². The van der Waals surface area contributed by atoms with E-state index in [0.717, 1.165) is 22.7 Å². The second-order valence-electron chi connectivity index (χ2n) is 7.04. The molecule has 2 aliphatic rings. The Labute approximate surface area is 149 Å². The van der Waals surface area contributed by atoms with Gasteiger partial charge in [-0.1, -0.05) is 6.92 Å². The molecule has 0 N–H and O–H groups in total. The van der Waals surface area contributed by atoms with Crippen molar-refractivity contribution in [2.45, 2.75) is 42.9 Å². The van der Waals surface area contributed by atoms with Gasteiger partial charge in [0, 0.05) is 19.5 Å². The molecule has 0 saturated carbocycles. The van der Waals surface area contributed by atoms with Crippen LogP contribution in [0.3, 0.4) is 0 Å². The van der Waals surface area contributed by atoms with Gasteiger partial charge in [-0.25, -0.2) is 18.3 Å². The third kappa shape index (κ3) is 3.27. The third-order valence-corrected chi connectivity index (χ3v) is 5.92. The number of ether oxygens (including phenoxy) is 1. The summed E-state index contributed by atoms with van der Waals surface area (Å²) in [5.74, 6) is -2.23. The second kappa shape index (κ2) is 6.48. The van der Waals surface area contributed by atoms with Crippen molar-refractivity contribution < 1.29 is 13.5 Å². The van der Waals surface area contributed by atoms with E-state index < -0.39 is 5.92 Å². The van der Waals surface area contributed by atoms with Gasteiger partial charge in [0.2, 0.25) is 0 Å². The van der Waals surface area contributed by atoms with Crippen molar-refractivity contribution in [2.24, 2.45) is 5.92 Å². The third-order valence-electron chi connectivity index (χ3n) is 5.22. The lowest BCUT2D eigenvalue weighted by atomic mass is 10.0. The standard InChI is InChI=1S/C17H22F2N4OS/c1-11-7-14(24-15(11)8-22-6-5-17(18,19)9-22)12-3-4-13-16(25-2)20-10-21-23(12)13/h3-4,10-11,14-15H,5-9H2,1-2H3/t11?,14-,15-/m1/s1. The molecular weight excluding hydrogens is 346 g/mol. The van der Waals surface area contributed by atoms with Crippen LogP contribution in [0.15, 0.2) is 23.5 Å². The fraction of sp³-hybridized carbons (Fsp3) is 0.647. The summed E-state index contributed by atoms with van der Waals surface area (Å²) in [5, 5.41) is 5.30. The summed E-state index contributed by atoms with van der Waals surface area (Å²) in [5.41, 5.74) is 1.98. The molecule has 5 nitrogen and oxygen atoms in total. The summed E-state index contributed by atoms with van der Waals surface area (Å²) in [6, 6.07) is 4.05. The molecule has 25 heavy (non-hydrogen) atoms. The molecule has 0 aliphatic carbocycles. The van der Waals surface area contributed by atoms with Gasteiger partial charge < -0.3 is 4.74 Å². The maximum Gasteiger partial charge on any atom is 0.261 e. The number of hydrogen-bond acceptors (Lipinski definition) is 5. The molecule has 0 radical (unpaired) electrons. The molecule has 2 aliphatic heterocycles. The summed E-state index contributed by atoms with van der Waals surface area (Å²) in [6.07, 6.45) is 4.30. The van der Waals surface area contributed by atoms with Gasteiger partial charge in [0.05, 0.1) is 23.9 Å². The Morgan fingerprint density at radius 2 is 2.24 bits per heavy atom. The largest absolute Gasteiger partial charge is 0.367 e. The summed E-state index contributed by atoms with van der Waals surface area (Å²) >= 11 is 1.59. The van der Waals surface area contributed by atoms with Crippen molar-refractivity contribution in [3.63, 3.8) is 0 Å². The zero-order chi connectivity index (χ0) is 17.6. The van der Waals surface area contributed by atoms with Crippen molar-refractivity contribution in [2.75, 3.05) is 25.9 Å². The van der Waals surface area contributed by atoms with E-state index in [1.54, 1.807) is 18.1 Å². The molecule has 1 unspecified atom stereocenters. The predicted molar refractivity (Wildman–Crippen MR) is 92.2 cm³/mol. The van der Waals surface area contributed by atoms with E-state index in [0.29, 0.717) is 19.0 Å². The molecule has 3 atom stereocenters. The first-order chi connectivity index (χ1) is 12.0. The zero-order valence-corrected chi connectivity index (χ0v) is 15.2. The highest BCUT2D eigenvalue weighted by Crippen LogP contribution is 2.39. The van der Waals surface area contributed by atoms with Crippen molar-refractivity contribution >= 4 is 17.3 Å². The van der Waals surface area contributed by atoms with Crippen LogP contribution in [0.1, 0.15) is 31.6 Å². The topological polar surface area (TPSA) is 42.7 Å². The highest BCUT2D eigenvalue weighted by molar-refractivity contribution is 7.98. The van der Waals surface area contributed by atoms with Crippen LogP contribution < -0.4 is 0 Å². The van der Waals surface area contributed by atoms with Gasteiger partial charge in [-0.2, -0.15) is 5.10 Å². The van der Waals surface area contributed by atoms with Crippen molar-refractivity contribution in [3.8, 4) is 0 Å². The van der Waals surface area contributed by atoms with Gasteiger partial charge in [-0.3, -0.25) is 4.90 Å². The molecule has 0 amide bonds. The first-order valence-electron chi connectivity index (χ1n) is 8.59. The minimum atomic E-state index is -2.55. The predicted octanol–water partition coefficient (Wildman–Crippen LogP) is 3.26. The lowest BCUT2D eigenvalue weighted by Crippen LogP contribution is -2.34. The van der Waals surface area contributed by atoms with Gasteiger partial charge in [0.25, 0.3) is 5.92 Å². The number of alkyl halides is 2. The number of hydrogen-bond donors (Lipinski definition) is 0. The molecule has 4 rings (SSSR count). The Bertz CT molecular complexity index is 768. The average Bonchev–Trinajstić information content (AvgIpc) is 3.25. The maximum atomic E-state index is 13.4. The van der Waals surface area contributed by atoms with Gasteiger partial charge in [0.15, 0.2) is 0 Å². The van der Waals surface area contributed by atoms with Crippen LogP contribution in [-0.2, 0) is 4.74 Å². The summed E-state index contributed by atoms with van der Waals surface area (Å²) in [6.45, 7) is 3.00. The number of halogens is 2. The number of rotatable bonds is 4. The van der Waals surface area contributed by atoms with Crippen LogP contribution in [0.2, 0.25) is 0 Å². The Kier molecular flexibility index (Phi) is 4.45. The molecule has 2 saturated heterocycles. The second-order valence-corrected chi connectivity index (χ2v) is 7.84. The van der Waals surface area contributed by atoms with Crippen LogP contribution in [0, 0.1) is 5.92 Å². The van der Waals surface area contributed by atoms with E-state index in [2.05, 4.69) is 17.0 Å². The highest BCUT2D eigenvalue weighted by Gasteiger charge is 2.41. The first kappa shape index (κ1) is 17.2. The lowest BCUT2D eigenvalue weighted by Gasteiger charge is -2.22. The molecule has 8 heteroatoms. The summed E-state index contributed by atoms with van der Waals surface area (Å²) in [4.78, 5) is 6.12. The van der Waals surface area contributed by atoms with E-state index in [9.17, 15) is 8.78 Å². The fourth-order valence-electron chi connectivity index (χ4n) is 3.85. The van der Waals surface area contributed by atoms with E-state index in [-0.39, 0.29) is 25.2 Å². The van der Waals surface area contributed by atoms with Crippen molar-refractivity contribution in [1.29, 1.82) is 0 Å². The van der Waals surface area contributed by atoms with Crippen molar-refractivity contribution in [3.05, 3.63) is 24.2 Å². The van der Waals surface area contributed by atoms with Gasteiger partial charge in [0.1, 0.15) is 17.5 Å². The Morgan fingerprint density at radius 3 is 2.96 bits per heavy atom. The quantitative estimate of drug-likeness (QED) is 0.775. The monoisotopic (exact) mass is 368 g/mol.